The minimum Gasteiger partial charge on any atom is -0.434 e. The number of rotatable bonds is 8. The van der Waals surface area contributed by atoms with E-state index in [0.717, 1.165) is 10.5 Å². The largest absolute Gasteiger partial charge is 0.434 e. The van der Waals surface area contributed by atoms with Crippen LogP contribution in [0.4, 0.5) is 13.2 Å². The highest BCUT2D eigenvalue weighted by atomic mass is 31.1. The summed E-state index contributed by atoms with van der Waals surface area (Å²) >= 11 is 0. The van der Waals surface area contributed by atoms with Gasteiger partial charge in [-0.15, -0.1) is 0 Å². The molecule has 5 rings (SSSR count). The highest BCUT2D eigenvalue weighted by molar-refractivity contribution is 7.64. The summed E-state index contributed by atoms with van der Waals surface area (Å²) in [5.41, 5.74) is 3.43. The summed E-state index contributed by atoms with van der Waals surface area (Å²) in [6.45, 7) is 2.67. The van der Waals surface area contributed by atoms with Gasteiger partial charge in [0.1, 0.15) is 17.4 Å². The van der Waals surface area contributed by atoms with Gasteiger partial charge in [0.05, 0.1) is 23.1 Å². The molecular weight excluding hydrogens is 558 g/mol. The van der Waals surface area contributed by atoms with Gasteiger partial charge < -0.3 is 24.6 Å². The van der Waals surface area contributed by atoms with Gasteiger partial charge in [-0.1, -0.05) is 32.2 Å². The fourth-order valence-electron chi connectivity index (χ4n) is 5.75. The molecule has 8 nitrogen and oxygen atoms in total. The van der Waals surface area contributed by atoms with Gasteiger partial charge in [0.2, 0.25) is 0 Å². The van der Waals surface area contributed by atoms with Crippen LogP contribution < -0.4 is 10.0 Å². The Morgan fingerprint density at radius 1 is 1.15 bits per heavy atom. The van der Waals surface area contributed by atoms with Crippen LogP contribution in [-0.2, 0) is 0 Å². The van der Waals surface area contributed by atoms with Gasteiger partial charge in [0, 0.05) is 16.4 Å². The van der Waals surface area contributed by atoms with Crippen molar-refractivity contribution in [2.24, 2.45) is 0 Å². The maximum absolute atomic E-state index is 15.1. The number of imidazole rings is 1. The first-order valence-electron chi connectivity index (χ1n) is 12.7. The third-order valence-electron chi connectivity index (χ3n) is 7.52. The van der Waals surface area contributed by atoms with Gasteiger partial charge >= 0.3 is 12.7 Å². The maximum Gasteiger partial charge on any atom is 0.387 e. The lowest BCUT2D eigenvalue weighted by Gasteiger charge is -2.30. The van der Waals surface area contributed by atoms with E-state index < -0.39 is 32.7 Å². The van der Waals surface area contributed by atoms with Crippen molar-refractivity contribution in [2.45, 2.75) is 38.1 Å². The smallest absolute Gasteiger partial charge is 0.387 e. The topological polar surface area (TPSA) is 108 Å². The fourth-order valence-corrected chi connectivity index (χ4v) is 7.01. The lowest BCUT2D eigenvalue weighted by Crippen LogP contribution is -2.47. The highest BCUT2D eigenvalue weighted by Crippen LogP contribution is 2.48. The molecule has 0 saturated carbocycles. The van der Waals surface area contributed by atoms with Crippen molar-refractivity contribution < 1.29 is 38.0 Å². The van der Waals surface area contributed by atoms with Crippen molar-refractivity contribution in [1.82, 2.24) is 14.5 Å². The quantitative estimate of drug-likeness (QED) is 0.159. The summed E-state index contributed by atoms with van der Waals surface area (Å²) < 4.78 is 48.4. The van der Waals surface area contributed by atoms with Crippen LogP contribution in [0.25, 0.3) is 22.2 Å². The Hall–Kier alpha value is -3.34. The molecule has 1 aromatic heterocycles. The molecule has 216 valence electrons. The zero-order valence-electron chi connectivity index (χ0n) is 22.7. The number of hydrogen-bond donors (Lipinski definition) is 3. The van der Waals surface area contributed by atoms with Crippen LogP contribution in [0.15, 0.2) is 48.5 Å². The average molecular weight is 588 g/mol. The molecule has 3 N–H and O–H groups in total. The molecule has 1 aliphatic rings. The third kappa shape index (κ3) is 5.24. The number of carbonyl (C=O) groups excluding carboxylic acids is 1. The second-order valence-corrected chi connectivity index (χ2v) is 12.5. The van der Waals surface area contributed by atoms with E-state index in [4.69, 9.17) is 4.74 Å². The van der Waals surface area contributed by atoms with Crippen LogP contribution in [0.3, 0.4) is 0 Å². The molecule has 0 amide bonds. The van der Waals surface area contributed by atoms with Crippen LogP contribution in [-0.4, -0.2) is 69.1 Å². The number of aldehydes is 1. The number of halogens is 3. The van der Waals surface area contributed by atoms with Crippen molar-refractivity contribution >= 4 is 30.5 Å². The highest BCUT2D eigenvalue weighted by Gasteiger charge is 2.44. The van der Waals surface area contributed by atoms with E-state index in [0.29, 0.717) is 39.6 Å². The molecule has 2 unspecified atom stereocenters. The molecule has 0 bridgehead atoms. The molecule has 0 fully saturated rings. The lowest BCUT2D eigenvalue weighted by atomic mass is 9.96. The summed E-state index contributed by atoms with van der Waals surface area (Å²) in [7, 11) is 0.612. The first kappa shape index (κ1) is 29.2. The molecule has 2 heterocycles. The van der Waals surface area contributed by atoms with Gasteiger partial charge in [-0.2, -0.15) is 8.78 Å². The van der Waals surface area contributed by atoms with E-state index in [2.05, 4.69) is 4.98 Å². The van der Waals surface area contributed by atoms with Crippen molar-refractivity contribution in [3.63, 3.8) is 0 Å². The number of nitrogens with zero attached hydrogens (tertiary/aromatic N) is 3. The predicted octanol–water partition coefficient (Wildman–Crippen LogP) is 4.49. The fraction of sp³-hybridized carbons (Fsp3) is 0.310. The number of benzene rings is 3. The molecular formula is C29H29F3N3O5P. The minimum atomic E-state index is -3.21. The molecule has 0 aliphatic carbocycles. The van der Waals surface area contributed by atoms with Crippen LogP contribution in [0.1, 0.15) is 45.8 Å². The molecule has 2 atom stereocenters. The summed E-state index contributed by atoms with van der Waals surface area (Å²) in [5.74, 6) is -0.211. The van der Waals surface area contributed by atoms with Gasteiger partial charge in [0.25, 0.3) is 0 Å². The number of carbonyl (C=O) groups is 1. The Labute approximate surface area is 235 Å². The Morgan fingerprint density at radius 3 is 2.49 bits per heavy atom. The number of alkyl halides is 2. The Balaban J connectivity index is 1.74. The molecule has 4 aromatic rings. The summed E-state index contributed by atoms with van der Waals surface area (Å²) in [6, 6.07) is 11.2. The molecule has 0 spiro atoms. The van der Waals surface area contributed by atoms with E-state index in [1.165, 1.54) is 31.3 Å². The average Bonchev–Trinajstić information content (AvgIpc) is 3.43. The number of ether oxygens (including phenoxy) is 1. The van der Waals surface area contributed by atoms with E-state index in [9.17, 15) is 28.9 Å². The summed E-state index contributed by atoms with van der Waals surface area (Å²) in [5, 5.41) is 30.6. The van der Waals surface area contributed by atoms with Crippen molar-refractivity contribution in [1.29, 1.82) is 0 Å². The summed E-state index contributed by atoms with van der Waals surface area (Å²) in [6.07, 6.45) is -2.65. The number of hydrogen-bond acceptors (Lipinski definition) is 7. The Kier molecular flexibility index (Phi) is 7.69. The van der Waals surface area contributed by atoms with Crippen LogP contribution in [0.2, 0.25) is 0 Å². The molecule has 1 aliphatic heterocycles. The Bertz CT molecular complexity index is 1610. The van der Waals surface area contributed by atoms with E-state index in [1.54, 1.807) is 22.8 Å². The van der Waals surface area contributed by atoms with Gasteiger partial charge in [-0.05, 0) is 74.7 Å². The second kappa shape index (κ2) is 10.8. The van der Waals surface area contributed by atoms with E-state index >= 15 is 4.39 Å². The molecule has 0 saturated heterocycles. The van der Waals surface area contributed by atoms with Gasteiger partial charge in [0.15, 0.2) is 6.29 Å². The number of aromatic nitrogens is 2. The van der Waals surface area contributed by atoms with Crippen LogP contribution in [0, 0.1) is 12.7 Å². The van der Waals surface area contributed by atoms with Gasteiger partial charge in [-0.3, -0.25) is 4.79 Å². The van der Waals surface area contributed by atoms with Gasteiger partial charge in [-0.25, -0.2) is 14.3 Å². The monoisotopic (exact) mass is 587 g/mol. The first-order valence-corrected chi connectivity index (χ1v) is 15.0. The standard InChI is InChI=1S/C29H29F3N3O5P/c1-15-10-18(11-19(30)26(15)41(3)4)16-8-9-20-21(12-16)35-22(13-23(27(35)33-20)34(2)29(37,38)39)25-17(14-36)6-5-7-24(25)40-28(31)32/h5-12,14,22-23,28,37-39H,13H2,1-4H3. The number of aliphatic hydroxyl groups is 3. The predicted molar refractivity (Wildman–Crippen MR) is 149 cm³/mol. The van der Waals surface area contributed by atoms with E-state index in [-0.39, 0.29) is 29.1 Å². The Morgan fingerprint density at radius 2 is 1.88 bits per heavy atom. The number of fused-ring (bicyclic) bond motifs is 3. The van der Waals surface area contributed by atoms with Crippen LogP contribution >= 0.6 is 7.92 Å². The minimum absolute atomic E-state index is 0.0336. The van der Waals surface area contributed by atoms with Crippen molar-refractivity contribution in [2.75, 3.05) is 20.4 Å². The van der Waals surface area contributed by atoms with E-state index in [1.807, 2.05) is 26.3 Å². The molecule has 12 heteroatoms. The first-order chi connectivity index (χ1) is 19.3. The molecule has 3 aromatic carbocycles. The zero-order valence-corrected chi connectivity index (χ0v) is 23.6. The summed E-state index contributed by atoms with van der Waals surface area (Å²) in [4.78, 5) is 17.6. The molecule has 41 heavy (non-hydrogen) atoms. The van der Waals surface area contributed by atoms with Crippen LogP contribution in [0.5, 0.6) is 5.75 Å². The maximum atomic E-state index is 15.1. The normalized spacial score (nSPS) is 17.2. The lowest BCUT2D eigenvalue weighted by molar-refractivity contribution is -0.396. The van der Waals surface area contributed by atoms with Crippen molar-refractivity contribution in [3.8, 4) is 16.9 Å². The number of aryl methyl sites for hydroxylation is 1. The SMILES string of the molecule is Cc1cc(-c2ccc3nc4n(c3c2)C(c2c(C=O)cccc2OC(F)F)CC4N(C)C(O)(O)O)cc(F)c1P(C)C. The molecule has 0 radical (unpaired) electrons. The second-order valence-electron chi connectivity index (χ2n) is 10.3. The zero-order chi connectivity index (χ0) is 29.8. The third-order valence-corrected chi connectivity index (χ3v) is 8.99. The van der Waals surface area contributed by atoms with Crippen molar-refractivity contribution in [3.05, 3.63) is 76.9 Å².